The van der Waals surface area contributed by atoms with Gasteiger partial charge in [0.2, 0.25) is 5.88 Å². The molecule has 2 saturated heterocycles. The minimum atomic E-state index is -0.861. The molecule has 9 atom stereocenters. The summed E-state index contributed by atoms with van der Waals surface area (Å²) in [5, 5.41) is 0. The molecule has 0 saturated carbocycles. The molecule has 49 heavy (non-hydrogen) atoms. The second-order valence-electron chi connectivity index (χ2n) is 12.4. The molecule has 3 aromatic carbocycles. The molecule has 2 aliphatic heterocycles. The average molecular weight is 672 g/mol. The number of benzene rings is 3. The van der Waals surface area contributed by atoms with E-state index in [0.717, 1.165) is 16.7 Å². The van der Waals surface area contributed by atoms with E-state index in [9.17, 15) is 4.79 Å². The summed E-state index contributed by atoms with van der Waals surface area (Å²) < 4.78 is 46.0. The van der Waals surface area contributed by atoms with Crippen LogP contribution < -0.4 is 16.2 Å². The van der Waals surface area contributed by atoms with Crippen molar-refractivity contribution in [3.8, 4) is 5.88 Å². The third kappa shape index (κ3) is 8.81. The molecule has 0 aliphatic carbocycles. The highest BCUT2D eigenvalue weighted by atomic mass is 16.7. The molecule has 2 fully saturated rings. The van der Waals surface area contributed by atoms with Crippen molar-refractivity contribution in [2.24, 2.45) is 5.73 Å². The second kappa shape index (κ2) is 16.6. The van der Waals surface area contributed by atoms with Crippen LogP contribution in [0.5, 0.6) is 5.88 Å². The number of hydrogen-bond acceptors (Lipinski definition) is 10. The van der Waals surface area contributed by atoms with E-state index in [2.05, 4.69) is 4.98 Å². The van der Waals surface area contributed by atoms with E-state index in [1.54, 1.807) is 12.3 Å². The van der Waals surface area contributed by atoms with Gasteiger partial charge in [0.1, 0.15) is 24.5 Å². The first-order valence-electron chi connectivity index (χ1n) is 16.7. The Morgan fingerprint density at radius 1 is 0.735 bits per heavy atom. The van der Waals surface area contributed by atoms with Crippen LogP contribution in [0, 0.1) is 0 Å². The molecule has 1 aromatic heterocycles. The Morgan fingerprint density at radius 3 is 1.84 bits per heavy atom. The van der Waals surface area contributed by atoms with Gasteiger partial charge in [-0.3, -0.25) is 4.57 Å². The van der Waals surface area contributed by atoms with Gasteiger partial charge >= 0.3 is 5.69 Å². The Bertz CT molecular complexity index is 1640. The lowest BCUT2D eigenvalue weighted by Crippen LogP contribution is -2.64. The number of aromatic nitrogens is 2. The fourth-order valence-electron chi connectivity index (χ4n) is 6.26. The molecule has 3 heterocycles. The van der Waals surface area contributed by atoms with Crippen molar-refractivity contribution in [3.63, 3.8) is 0 Å². The van der Waals surface area contributed by atoms with Gasteiger partial charge in [0, 0.05) is 18.7 Å². The van der Waals surface area contributed by atoms with Crippen LogP contribution >= 0.6 is 0 Å². The van der Waals surface area contributed by atoms with Gasteiger partial charge in [0.05, 0.1) is 51.3 Å². The largest absolute Gasteiger partial charge is 0.481 e. The molecule has 0 spiro atoms. The Kier molecular flexibility index (Phi) is 11.9. The molecule has 2 N–H and O–H groups in total. The fourth-order valence-corrected chi connectivity index (χ4v) is 6.26. The van der Waals surface area contributed by atoms with Crippen molar-refractivity contribution in [2.75, 3.05) is 7.11 Å². The molecular formula is C38H45N3O8. The number of methoxy groups -OCH3 is 1. The highest BCUT2D eigenvalue weighted by Gasteiger charge is 2.49. The zero-order chi connectivity index (χ0) is 34.2. The van der Waals surface area contributed by atoms with Gasteiger partial charge < -0.3 is 38.9 Å². The van der Waals surface area contributed by atoms with Crippen molar-refractivity contribution in [1.29, 1.82) is 0 Å². The third-order valence-electron chi connectivity index (χ3n) is 8.99. The molecule has 4 aromatic rings. The number of ether oxygens (including phenoxy) is 7. The molecule has 6 rings (SSSR count). The van der Waals surface area contributed by atoms with E-state index in [0.29, 0.717) is 26.2 Å². The van der Waals surface area contributed by atoms with E-state index < -0.39 is 60.9 Å². The number of rotatable bonds is 13. The summed E-state index contributed by atoms with van der Waals surface area (Å²) in [5.74, 6) is 0.232. The van der Waals surface area contributed by atoms with Crippen molar-refractivity contribution < 1.29 is 33.2 Å². The fraction of sp³-hybridized carbons (Fsp3) is 0.421. The Balaban J connectivity index is 1.26. The lowest BCUT2D eigenvalue weighted by atomic mass is 9.96. The summed E-state index contributed by atoms with van der Waals surface area (Å²) in [6, 6.07) is 30.9. The lowest BCUT2D eigenvalue weighted by Gasteiger charge is -2.47. The van der Waals surface area contributed by atoms with Gasteiger partial charge in [-0.1, -0.05) is 91.0 Å². The van der Waals surface area contributed by atoms with Crippen LogP contribution in [-0.2, 0) is 48.2 Å². The molecule has 260 valence electrons. The van der Waals surface area contributed by atoms with Crippen molar-refractivity contribution in [3.05, 3.63) is 130 Å². The summed E-state index contributed by atoms with van der Waals surface area (Å²) in [5.41, 5.74) is 9.28. The van der Waals surface area contributed by atoms with Crippen molar-refractivity contribution in [2.45, 2.75) is 95.3 Å². The quantitative estimate of drug-likeness (QED) is 0.213. The van der Waals surface area contributed by atoms with Crippen LogP contribution in [0.3, 0.4) is 0 Å². The monoisotopic (exact) mass is 671 g/mol. The zero-order valence-electron chi connectivity index (χ0n) is 28.1. The first-order chi connectivity index (χ1) is 23.9. The maximum atomic E-state index is 12.9. The van der Waals surface area contributed by atoms with Crippen LogP contribution in [0.15, 0.2) is 108 Å². The number of nitrogens with zero attached hydrogens (tertiary/aromatic N) is 2. The highest BCUT2D eigenvalue weighted by molar-refractivity contribution is 5.15. The smallest absolute Gasteiger partial charge is 0.352 e. The normalized spacial score (nSPS) is 28.6. The Hall–Kier alpha value is -3.94. The molecule has 0 bridgehead atoms. The van der Waals surface area contributed by atoms with Gasteiger partial charge in [-0.05, 0) is 30.5 Å². The maximum absolute atomic E-state index is 12.9. The topological polar surface area (TPSA) is 126 Å². The van der Waals surface area contributed by atoms with Crippen LogP contribution in [-0.4, -0.2) is 65.6 Å². The summed E-state index contributed by atoms with van der Waals surface area (Å²) in [7, 11) is 1.47. The molecule has 2 aliphatic rings. The second-order valence-corrected chi connectivity index (χ2v) is 12.4. The van der Waals surface area contributed by atoms with Crippen molar-refractivity contribution >= 4 is 0 Å². The molecule has 0 amide bonds. The van der Waals surface area contributed by atoms with Gasteiger partial charge in [0.15, 0.2) is 6.29 Å². The predicted octanol–water partition coefficient (Wildman–Crippen LogP) is 4.77. The van der Waals surface area contributed by atoms with Gasteiger partial charge in [-0.25, -0.2) is 4.79 Å². The third-order valence-corrected chi connectivity index (χ3v) is 8.99. The minimum absolute atomic E-state index is 0.232. The first kappa shape index (κ1) is 34.9. The SMILES string of the molecule is COc1ccn([C@H]2C[C@@H](OCc3ccccc3)[C@H](O[C@H]3O[C@H](C)[C@@H](N)[C@H](OCc4ccccc4)[C@H]3OCc3ccccc3)[C@@H](C)O2)c(=O)n1. The van der Waals surface area contributed by atoms with Gasteiger partial charge in [-0.15, -0.1) is 0 Å². The van der Waals surface area contributed by atoms with Crippen LogP contribution in [0.25, 0.3) is 0 Å². The van der Waals surface area contributed by atoms with Crippen LogP contribution in [0.1, 0.15) is 43.2 Å². The van der Waals surface area contributed by atoms with Gasteiger partial charge in [0.25, 0.3) is 0 Å². The maximum Gasteiger partial charge on any atom is 0.352 e. The van der Waals surface area contributed by atoms with E-state index in [1.165, 1.54) is 11.7 Å². The molecule has 11 nitrogen and oxygen atoms in total. The highest BCUT2D eigenvalue weighted by Crippen LogP contribution is 2.35. The van der Waals surface area contributed by atoms with Crippen LogP contribution in [0.2, 0.25) is 0 Å². The van der Waals surface area contributed by atoms with Crippen molar-refractivity contribution in [1.82, 2.24) is 9.55 Å². The van der Waals surface area contributed by atoms with E-state index >= 15 is 0 Å². The minimum Gasteiger partial charge on any atom is -0.481 e. The van der Waals surface area contributed by atoms with E-state index in [1.807, 2.05) is 105 Å². The number of hydrogen-bond donors (Lipinski definition) is 1. The molecular weight excluding hydrogens is 626 g/mol. The lowest BCUT2D eigenvalue weighted by molar-refractivity contribution is -0.330. The Labute approximate surface area is 286 Å². The number of nitrogens with two attached hydrogens (primary N) is 1. The summed E-state index contributed by atoms with van der Waals surface area (Å²) in [6.07, 6.45) is -2.78. The van der Waals surface area contributed by atoms with Gasteiger partial charge in [-0.2, -0.15) is 4.98 Å². The van der Waals surface area contributed by atoms with E-state index in [4.69, 9.17) is 38.9 Å². The summed E-state index contributed by atoms with van der Waals surface area (Å²) in [6.45, 7) is 4.81. The summed E-state index contributed by atoms with van der Waals surface area (Å²) in [4.78, 5) is 17.0. The first-order valence-corrected chi connectivity index (χ1v) is 16.7. The molecule has 11 heteroatoms. The standard InChI is InChI=1S/C38H45N3O8/c1-25-33(39)35(45-23-28-15-9-5-10-16-28)36(46-24-29-17-11-6-12-18-29)37(48-25)49-34-26(2)47-32(41-20-19-31(43-3)40-38(41)42)21-30(34)44-22-27-13-7-4-8-14-27/h4-20,25-26,30,32-37H,21-24,39H2,1-3H3/t25-,26-,30-,32-,33-,34-,35+,36-,37-/m1/s1. The summed E-state index contributed by atoms with van der Waals surface area (Å²) >= 11 is 0. The average Bonchev–Trinajstić information content (AvgIpc) is 3.13. The predicted molar refractivity (Wildman–Crippen MR) is 181 cm³/mol. The van der Waals surface area contributed by atoms with Crippen LogP contribution in [0.4, 0.5) is 0 Å². The molecule has 0 unspecified atom stereocenters. The zero-order valence-corrected chi connectivity index (χ0v) is 28.1. The Morgan fingerprint density at radius 2 is 1.29 bits per heavy atom. The van der Waals surface area contributed by atoms with E-state index in [-0.39, 0.29) is 5.88 Å². The molecule has 0 radical (unpaired) electrons.